The monoisotopic (exact) mass is 301 g/mol. The Morgan fingerprint density at radius 2 is 2.00 bits per heavy atom. The summed E-state index contributed by atoms with van der Waals surface area (Å²) >= 11 is 3.45. The number of hydrogen-bond acceptors (Lipinski definition) is 4. The lowest BCUT2D eigenvalue weighted by Crippen LogP contribution is -2.33. The Labute approximate surface area is 112 Å². The zero-order chi connectivity index (χ0) is 12.8. The highest BCUT2D eigenvalue weighted by molar-refractivity contribution is 9.09. The molecule has 0 saturated carbocycles. The summed E-state index contributed by atoms with van der Waals surface area (Å²) in [6, 6.07) is 0.385. The van der Waals surface area contributed by atoms with Crippen LogP contribution < -0.4 is 9.64 Å². The van der Waals surface area contributed by atoms with Gasteiger partial charge in [-0.25, -0.2) is 0 Å². The van der Waals surface area contributed by atoms with Crippen LogP contribution in [0, 0.1) is 0 Å². The molecule has 0 aliphatic rings. The average molecular weight is 302 g/mol. The third-order valence-corrected chi connectivity index (χ3v) is 2.55. The molecule has 0 aliphatic heterocycles. The predicted octanol–water partition coefficient (Wildman–Crippen LogP) is 2.87. The fraction of sp³-hybridized carbons (Fsp3) is 0.667. The van der Waals surface area contributed by atoms with E-state index < -0.39 is 0 Å². The van der Waals surface area contributed by atoms with Crippen molar-refractivity contribution in [1.29, 1.82) is 0 Å². The molecule has 1 aromatic rings. The molecule has 96 valence electrons. The quantitative estimate of drug-likeness (QED) is 0.757. The van der Waals surface area contributed by atoms with Crippen molar-refractivity contribution < 1.29 is 4.74 Å². The lowest BCUT2D eigenvalue weighted by Gasteiger charge is -2.27. The molecule has 0 unspecified atom stereocenters. The molecule has 1 aromatic heterocycles. The fourth-order valence-electron chi connectivity index (χ4n) is 1.50. The highest BCUT2D eigenvalue weighted by Crippen LogP contribution is 2.17. The van der Waals surface area contributed by atoms with Crippen molar-refractivity contribution in [1.82, 2.24) is 9.97 Å². The molecule has 0 spiro atoms. The zero-order valence-corrected chi connectivity index (χ0v) is 12.4. The third-order valence-electron chi connectivity index (χ3n) is 2.20. The molecule has 17 heavy (non-hydrogen) atoms. The lowest BCUT2D eigenvalue weighted by molar-refractivity contribution is 0.231. The summed E-state index contributed by atoms with van der Waals surface area (Å²) in [4.78, 5) is 10.8. The summed E-state index contributed by atoms with van der Waals surface area (Å²) < 4.78 is 5.55. The molecule has 1 rings (SSSR count). The Morgan fingerprint density at radius 3 is 2.53 bits per heavy atom. The van der Waals surface area contributed by atoms with Crippen LogP contribution in [-0.2, 0) is 0 Å². The number of aromatic nitrogens is 2. The molecule has 0 aliphatic carbocycles. The number of alkyl halides is 1. The maximum atomic E-state index is 5.55. The van der Waals surface area contributed by atoms with E-state index in [9.17, 15) is 0 Å². The molecule has 0 N–H and O–H groups in total. The van der Waals surface area contributed by atoms with Crippen LogP contribution in [0.25, 0.3) is 0 Å². The SMILES string of the molecule is CC(C)Oc1cncc(N(CCBr)C(C)C)n1. The molecule has 0 aromatic carbocycles. The maximum Gasteiger partial charge on any atom is 0.234 e. The van der Waals surface area contributed by atoms with Gasteiger partial charge in [-0.05, 0) is 27.7 Å². The summed E-state index contributed by atoms with van der Waals surface area (Å²) in [5, 5.41) is 0.905. The third kappa shape index (κ3) is 4.50. The van der Waals surface area contributed by atoms with Crippen molar-refractivity contribution in [2.45, 2.75) is 39.8 Å². The molecule has 5 heteroatoms. The number of hydrogen-bond donors (Lipinski definition) is 0. The smallest absolute Gasteiger partial charge is 0.234 e. The Hall–Kier alpha value is -0.840. The van der Waals surface area contributed by atoms with Gasteiger partial charge in [0.05, 0.1) is 18.5 Å². The maximum absolute atomic E-state index is 5.55. The number of anilines is 1. The van der Waals surface area contributed by atoms with E-state index in [1.807, 2.05) is 13.8 Å². The molecule has 0 saturated heterocycles. The first-order valence-corrected chi connectivity index (χ1v) is 6.98. The van der Waals surface area contributed by atoms with E-state index in [0.717, 1.165) is 17.7 Å². The standard InChI is InChI=1S/C12H20BrN3O/c1-9(2)16(6-5-13)11-7-14-8-12(15-11)17-10(3)4/h7-10H,5-6H2,1-4H3. The van der Waals surface area contributed by atoms with Crippen molar-refractivity contribution >= 4 is 21.7 Å². The topological polar surface area (TPSA) is 38.2 Å². The second kappa shape index (κ2) is 6.79. The van der Waals surface area contributed by atoms with E-state index in [1.165, 1.54) is 0 Å². The van der Waals surface area contributed by atoms with Crippen LogP contribution >= 0.6 is 15.9 Å². The largest absolute Gasteiger partial charge is 0.474 e. The highest BCUT2D eigenvalue weighted by atomic mass is 79.9. The summed E-state index contributed by atoms with van der Waals surface area (Å²) in [6.07, 6.45) is 3.54. The summed E-state index contributed by atoms with van der Waals surface area (Å²) in [7, 11) is 0. The van der Waals surface area contributed by atoms with E-state index in [1.54, 1.807) is 12.4 Å². The minimum atomic E-state index is 0.114. The van der Waals surface area contributed by atoms with Gasteiger partial charge in [-0.3, -0.25) is 4.98 Å². The van der Waals surface area contributed by atoms with Crippen LogP contribution in [-0.4, -0.2) is 34.0 Å². The molecule has 0 fully saturated rings. The lowest BCUT2D eigenvalue weighted by atomic mass is 10.3. The minimum absolute atomic E-state index is 0.114. The van der Waals surface area contributed by atoms with Gasteiger partial charge in [-0.2, -0.15) is 4.98 Å². The number of rotatable bonds is 6. The number of ether oxygens (including phenoxy) is 1. The van der Waals surface area contributed by atoms with Gasteiger partial charge in [0.2, 0.25) is 5.88 Å². The van der Waals surface area contributed by atoms with Crippen LogP contribution in [0.3, 0.4) is 0 Å². The van der Waals surface area contributed by atoms with E-state index in [4.69, 9.17) is 4.74 Å². The Balaban J connectivity index is 2.87. The second-order valence-electron chi connectivity index (χ2n) is 4.36. The van der Waals surface area contributed by atoms with Gasteiger partial charge in [0, 0.05) is 17.9 Å². The normalized spacial score (nSPS) is 11.0. The summed E-state index contributed by atoms with van der Waals surface area (Å²) in [6.45, 7) is 9.14. The van der Waals surface area contributed by atoms with Crippen molar-refractivity contribution in [2.24, 2.45) is 0 Å². The van der Waals surface area contributed by atoms with Crippen LogP contribution in [0.5, 0.6) is 5.88 Å². The first kappa shape index (κ1) is 14.2. The van der Waals surface area contributed by atoms with Gasteiger partial charge in [0.25, 0.3) is 0 Å². The van der Waals surface area contributed by atoms with E-state index >= 15 is 0 Å². The minimum Gasteiger partial charge on any atom is -0.474 e. The van der Waals surface area contributed by atoms with Gasteiger partial charge in [0.15, 0.2) is 5.82 Å². The molecule has 4 nitrogen and oxygen atoms in total. The van der Waals surface area contributed by atoms with Gasteiger partial charge in [-0.15, -0.1) is 0 Å². The Morgan fingerprint density at radius 1 is 1.29 bits per heavy atom. The number of nitrogens with zero attached hydrogens (tertiary/aromatic N) is 3. The summed E-state index contributed by atoms with van der Waals surface area (Å²) in [5.74, 6) is 1.44. The van der Waals surface area contributed by atoms with Gasteiger partial charge >= 0.3 is 0 Å². The fourth-order valence-corrected chi connectivity index (χ4v) is 1.89. The van der Waals surface area contributed by atoms with Gasteiger partial charge in [0.1, 0.15) is 0 Å². The van der Waals surface area contributed by atoms with Crippen LogP contribution in [0.1, 0.15) is 27.7 Å². The van der Waals surface area contributed by atoms with Crippen molar-refractivity contribution in [3.63, 3.8) is 0 Å². The van der Waals surface area contributed by atoms with Crippen LogP contribution in [0.15, 0.2) is 12.4 Å². The van der Waals surface area contributed by atoms with Gasteiger partial charge < -0.3 is 9.64 Å². The van der Waals surface area contributed by atoms with Crippen molar-refractivity contribution in [3.8, 4) is 5.88 Å². The Kier molecular flexibility index (Phi) is 5.68. The Bertz CT molecular complexity index is 344. The first-order valence-electron chi connectivity index (χ1n) is 5.86. The molecule has 0 radical (unpaired) electrons. The van der Waals surface area contributed by atoms with E-state index in [2.05, 4.69) is 44.6 Å². The van der Waals surface area contributed by atoms with E-state index in [0.29, 0.717) is 11.9 Å². The summed E-state index contributed by atoms with van der Waals surface area (Å²) in [5.41, 5.74) is 0. The highest BCUT2D eigenvalue weighted by Gasteiger charge is 2.12. The van der Waals surface area contributed by atoms with Gasteiger partial charge in [-0.1, -0.05) is 15.9 Å². The number of halogens is 1. The predicted molar refractivity (Wildman–Crippen MR) is 74.1 cm³/mol. The van der Waals surface area contributed by atoms with Crippen molar-refractivity contribution in [3.05, 3.63) is 12.4 Å². The van der Waals surface area contributed by atoms with Crippen LogP contribution in [0.2, 0.25) is 0 Å². The molecule has 0 atom stereocenters. The van der Waals surface area contributed by atoms with Crippen LogP contribution in [0.4, 0.5) is 5.82 Å². The molecule has 0 amide bonds. The first-order chi connectivity index (χ1) is 8.04. The molecule has 1 heterocycles. The molecular weight excluding hydrogens is 282 g/mol. The zero-order valence-electron chi connectivity index (χ0n) is 10.9. The molecular formula is C12H20BrN3O. The van der Waals surface area contributed by atoms with E-state index in [-0.39, 0.29) is 6.10 Å². The second-order valence-corrected chi connectivity index (χ2v) is 5.15. The van der Waals surface area contributed by atoms with Crippen molar-refractivity contribution in [2.75, 3.05) is 16.8 Å². The molecule has 0 bridgehead atoms. The average Bonchev–Trinajstić information content (AvgIpc) is 2.24.